The average Bonchev–Trinajstić information content (AvgIpc) is 3.19. The van der Waals surface area contributed by atoms with Gasteiger partial charge in [0.1, 0.15) is 0 Å². The van der Waals surface area contributed by atoms with Gasteiger partial charge in [0.05, 0.1) is 17.6 Å². The topological polar surface area (TPSA) is 43.4 Å². The fourth-order valence-corrected chi connectivity index (χ4v) is 5.04. The van der Waals surface area contributed by atoms with Gasteiger partial charge >= 0.3 is 0 Å². The molecule has 2 aliphatic carbocycles. The molecule has 0 saturated heterocycles. The van der Waals surface area contributed by atoms with E-state index in [0.717, 1.165) is 30.0 Å². The molecule has 0 bridgehead atoms. The first-order valence-electron chi connectivity index (χ1n) is 11.6. The number of benzene rings is 2. The maximum Gasteiger partial charge on any atom is 0.0760 e. The summed E-state index contributed by atoms with van der Waals surface area (Å²) in [6, 6.07) is 15.5. The third-order valence-corrected chi connectivity index (χ3v) is 6.83. The van der Waals surface area contributed by atoms with Crippen molar-refractivity contribution in [3.8, 4) is 0 Å². The van der Waals surface area contributed by atoms with Crippen molar-refractivity contribution in [3.63, 3.8) is 0 Å². The number of hydrogen-bond acceptors (Lipinski definition) is 3. The van der Waals surface area contributed by atoms with Gasteiger partial charge in [0, 0.05) is 30.7 Å². The Morgan fingerprint density at radius 1 is 1.03 bits per heavy atom. The van der Waals surface area contributed by atoms with Crippen LogP contribution in [0.2, 0.25) is 0 Å². The Balaban J connectivity index is 1.35. The second-order valence-corrected chi connectivity index (χ2v) is 9.13. The molecule has 31 heavy (non-hydrogen) atoms. The minimum absolute atomic E-state index is 0.740. The molecule has 0 amide bonds. The molecule has 5 rings (SSSR count). The first kappa shape index (κ1) is 19.9. The van der Waals surface area contributed by atoms with Crippen molar-refractivity contribution in [2.24, 2.45) is 5.10 Å². The lowest BCUT2D eigenvalue weighted by atomic mass is 9.83. The third-order valence-electron chi connectivity index (χ3n) is 6.83. The van der Waals surface area contributed by atoms with Crippen molar-refractivity contribution < 1.29 is 0 Å². The summed E-state index contributed by atoms with van der Waals surface area (Å²) in [7, 11) is 4.10. The summed E-state index contributed by atoms with van der Waals surface area (Å²) in [5.41, 5.74) is 12.0. The van der Waals surface area contributed by atoms with Crippen molar-refractivity contribution in [2.75, 3.05) is 19.0 Å². The quantitative estimate of drug-likeness (QED) is 0.387. The highest BCUT2D eigenvalue weighted by molar-refractivity contribution is 5.90. The van der Waals surface area contributed by atoms with Crippen LogP contribution in [0.1, 0.15) is 66.8 Å². The van der Waals surface area contributed by atoms with E-state index < -0.39 is 0 Å². The summed E-state index contributed by atoms with van der Waals surface area (Å²) < 4.78 is 0. The zero-order valence-corrected chi connectivity index (χ0v) is 18.6. The highest BCUT2D eigenvalue weighted by atomic mass is 15.3. The molecule has 2 aromatic carbocycles. The zero-order valence-electron chi connectivity index (χ0n) is 18.6. The van der Waals surface area contributed by atoms with E-state index in [1.54, 1.807) is 0 Å². The molecule has 1 aromatic heterocycles. The molecule has 2 N–H and O–H groups in total. The molecular formula is C27H32N4. The van der Waals surface area contributed by atoms with Gasteiger partial charge in [0.15, 0.2) is 0 Å². The molecule has 1 fully saturated rings. The van der Waals surface area contributed by atoms with E-state index in [2.05, 4.69) is 83.0 Å². The molecule has 1 heterocycles. The first-order chi connectivity index (χ1) is 15.2. The molecule has 0 spiro atoms. The fourth-order valence-electron chi connectivity index (χ4n) is 5.04. The predicted molar refractivity (Wildman–Crippen MR) is 132 cm³/mol. The van der Waals surface area contributed by atoms with Crippen LogP contribution in [0.5, 0.6) is 0 Å². The summed E-state index contributed by atoms with van der Waals surface area (Å²) in [6.07, 6.45) is 13.1. The number of hydrazone groups is 1. The molecule has 0 atom stereocenters. The smallest absolute Gasteiger partial charge is 0.0760 e. The molecule has 160 valence electrons. The second kappa shape index (κ2) is 8.62. The molecule has 4 nitrogen and oxygen atoms in total. The van der Waals surface area contributed by atoms with Crippen LogP contribution in [0.25, 0.3) is 16.6 Å². The maximum absolute atomic E-state index is 4.52. The third kappa shape index (κ3) is 4.12. The molecule has 0 radical (unpaired) electrons. The number of aromatic nitrogens is 1. The average molecular weight is 413 g/mol. The van der Waals surface area contributed by atoms with E-state index in [9.17, 15) is 0 Å². The molecular weight excluding hydrogens is 380 g/mol. The summed E-state index contributed by atoms with van der Waals surface area (Å²) in [5.74, 6) is 0.740. The Labute approximate surface area is 185 Å². The van der Waals surface area contributed by atoms with Gasteiger partial charge in [0.2, 0.25) is 0 Å². The molecule has 3 aromatic rings. The first-order valence-corrected chi connectivity index (χ1v) is 11.6. The number of hydrogen-bond donors (Lipinski definition) is 2. The second-order valence-electron chi connectivity index (χ2n) is 9.13. The van der Waals surface area contributed by atoms with Gasteiger partial charge in [-0.25, -0.2) is 0 Å². The van der Waals surface area contributed by atoms with Crippen molar-refractivity contribution in [1.29, 1.82) is 0 Å². The van der Waals surface area contributed by atoms with Gasteiger partial charge in [-0.05, 0) is 72.6 Å². The van der Waals surface area contributed by atoms with E-state index in [-0.39, 0.29) is 0 Å². The summed E-state index contributed by atoms with van der Waals surface area (Å²) in [5, 5.41) is 5.92. The van der Waals surface area contributed by atoms with Crippen LogP contribution in [0.3, 0.4) is 0 Å². The highest BCUT2D eigenvalue weighted by Crippen LogP contribution is 2.37. The lowest BCUT2D eigenvalue weighted by molar-refractivity contribution is 0.444. The molecule has 0 aliphatic heterocycles. The maximum atomic E-state index is 4.52. The van der Waals surface area contributed by atoms with E-state index >= 15 is 0 Å². The Morgan fingerprint density at radius 2 is 1.84 bits per heavy atom. The largest absolute Gasteiger partial charge is 0.378 e. The summed E-state index contributed by atoms with van der Waals surface area (Å²) in [4.78, 5) is 5.76. The van der Waals surface area contributed by atoms with Crippen LogP contribution in [-0.4, -0.2) is 25.3 Å². The number of aryl methyl sites for hydroxylation is 1. The standard InChI is InChI=1S/C27H32N4/c1-31(2)22-14-11-19(12-15-22)18-28-30-26-10-6-9-23-24-17-21(20-7-4-3-5-8-20)13-16-25(24)29-27(23)26/h10-18,20,29-30H,3-9H2,1-2H3. The van der Waals surface area contributed by atoms with Gasteiger partial charge in [-0.1, -0.05) is 43.5 Å². The fraction of sp³-hybridized carbons (Fsp3) is 0.370. The Kier molecular flexibility index (Phi) is 5.54. The highest BCUT2D eigenvalue weighted by Gasteiger charge is 2.21. The van der Waals surface area contributed by atoms with Crippen LogP contribution < -0.4 is 10.3 Å². The van der Waals surface area contributed by atoms with E-state index in [1.807, 2.05) is 6.21 Å². The van der Waals surface area contributed by atoms with Crippen LogP contribution >= 0.6 is 0 Å². The van der Waals surface area contributed by atoms with Crippen LogP contribution in [0, 0.1) is 0 Å². The number of allylic oxidation sites excluding steroid dienone is 1. The van der Waals surface area contributed by atoms with Gasteiger partial charge in [-0.15, -0.1) is 0 Å². The molecule has 4 heteroatoms. The monoisotopic (exact) mass is 412 g/mol. The van der Waals surface area contributed by atoms with Gasteiger partial charge in [-0.2, -0.15) is 5.10 Å². The minimum atomic E-state index is 0.740. The van der Waals surface area contributed by atoms with Crippen molar-refractivity contribution >= 4 is 28.5 Å². The number of anilines is 1. The van der Waals surface area contributed by atoms with Gasteiger partial charge in [0.25, 0.3) is 0 Å². The number of aromatic amines is 1. The Morgan fingerprint density at radius 3 is 2.61 bits per heavy atom. The van der Waals surface area contributed by atoms with Crippen molar-refractivity contribution in [3.05, 3.63) is 70.9 Å². The van der Waals surface area contributed by atoms with Crippen LogP contribution in [-0.2, 0) is 6.42 Å². The lowest BCUT2D eigenvalue weighted by Crippen LogP contribution is -2.10. The van der Waals surface area contributed by atoms with Gasteiger partial charge < -0.3 is 9.88 Å². The van der Waals surface area contributed by atoms with Crippen molar-refractivity contribution in [1.82, 2.24) is 10.4 Å². The van der Waals surface area contributed by atoms with Gasteiger partial charge in [-0.3, -0.25) is 5.43 Å². The van der Waals surface area contributed by atoms with Crippen LogP contribution in [0.15, 0.2) is 53.6 Å². The number of H-pyrrole nitrogens is 1. The van der Waals surface area contributed by atoms with Crippen LogP contribution in [0.4, 0.5) is 5.69 Å². The predicted octanol–water partition coefficient (Wildman–Crippen LogP) is 6.19. The number of nitrogens with zero attached hydrogens (tertiary/aromatic N) is 2. The Bertz CT molecular complexity index is 1110. The molecule has 1 saturated carbocycles. The van der Waals surface area contributed by atoms with Crippen molar-refractivity contribution in [2.45, 2.75) is 50.9 Å². The van der Waals surface area contributed by atoms with E-state index in [0.29, 0.717) is 0 Å². The summed E-state index contributed by atoms with van der Waals surface area (Å²) >= 11 is 0. The number of rotatable bonds is 5. The number of fused-ring (bicyclic) bond motifs is 3. The number of nitrogens with one attached hydrogen (secondary N) is 2. The molecule has 0 unspecified atom stereocenters. The SMILES string of the molecule is CN(C)c1ccc(C=NNC2=CCCc3c2[nH]c2ccc(C4CCCCC4)cc32)cc1. The van der Waals surface area contributed by atoms with E-state index in [1.165, 1.54) is 65.5 Å². The van der Waals surface area contributed by atoms with E-state index in [4.69, 9.17) is 0 Å². The summed E-state index contributed by atoms with van der Waals surface area (Å²) in [6.45, 7) is 0. The molecule has 2 aliphatic rings. The normalized spacial score (nSPS) is 17.0. The minimum Gasteiger partial charge on any atom is -0.378 e. The zero-order chi connectivity index (χ0) is 21.2. The Hall–Kier alpha value is -3.01. The lowest BCUT2D eigenvalue weighted by Gasteiger charge is -2.22.